The highest BCUT2D eigenvalue weighted by atomic mass is 16.3. The Bertz CT molecular complexity index is 415. The average molecular weight is 251 g/mol. The molecule has 102 valence electrons. The molecule has 0 aliphatic carbocycles. The van der Waals surface area contributed by atoms with E-state index in [0.29, 0.717) is 12.5 Å². The molecule has 0 amide bonds. The minimum atomic E-state index is -0.565. The smallest absolute Gasteiger partial charge is 0.0729 e. The molecule has 0 bridgehead atoms. The summed E-state index contributed by atoms with van der Waals surface area (Å²) in [7, 11) is 4.10. The van der Waals surface area contributed by atoms with E-state index in [2.05, 4.69) is 37.0 Å². The summed E-state index contributed by atoms with van der Waals surface area (Å²) < 4.78 is 1.92. The highest BCUT2D eigenvalue weighted by Gasteiger charge is 2.35. The van der Waals surface area contributed by atoms with Crippen LogP contribution in [0.3, 0.4) is 0 Å². The van der Waals surface area contributed by atoms with E-state index < -0.39 is 5.60 Å². The van der Waals surface area contributed by atoms with Gasteiger partial charge in [-0.05, 0) is 39.3 Å². The third-order valence-corrected chi connectivity index (χ3v) is 4.26. The Hall–Kier alpha value is -0.870. The minimum absolute atomic E-state index is 0.447. The van der Waals surface area contributed by atoms with Gasteiger partial charge in [0.05, 0.1) is 11.3 Å². The molecule has 0 aromatic carbocycles. The maximum Gasteiger partial charge on any atom is 0.0729 e. The molecule has 2 atom stereocenters. The number of hydrogen-bond acceptors (Lipinski definition) is 3. The van der Waals surface area contributed by atoms with E-state index in [4.69, 9.17) is 0 Å². The second kappa shape index (κ2) is 5.02. The summed E-state index contributed by atoms with van der Waals surface area (Å²) in [4.78, 5) is 2.31. The van der Waals surface area contributed by atoms with Crippen LogP contribution in [0.5, 0.6) is 0 Å². The zero-order chi connectivity index (χ0) is 13.3. The fourth-order valence-electron chi connectivity index (χ4n) is 2.82. The van der Waals surface area contributed by atoms with Crippen molar-refractivity contribution < 1.29 is 5.11 Å². The van der Waals surface area contributed by atoms with E-state index in [1.54, 1.807) is 0 Å². The summed E-state index contributed by atoms with van der Waals surface area (Å²) in [5, 5.41) is 15.2. The molecule has 2 unspecified atom stereocenters. The van der Waals surface area contributed by atoms with Crippen molar-refractivity contribution in [2.45, 2.75) is 51.2 Å². The molecule has 2 heterocycles. The van der Waals surface area contributed by atoms with Crippen molar-refractivity contribution in [2.24, 2.45) is 7.05 Å². The molecular formula is C14H25N3O. The molecule has 1 fully saturated rings. The Morgan fingerprint density at radius 3 is 2.78 bits per heavy atom. The molecule has 1 aliphatic rings. The van der Waals surface area contributed by atoms with E-state index >= 15 is 0 Å². The van der Waals surface area contributed by atoms with Gasteiger partial charge in [0.15, 0.2) is 0 Å². The number of aliphatic hydroxyl groups is 1. The lowest BCUT2D eigenvalue weighted by molar-refractivity contribution is -0.0365. The molecule has 1 saturated heterocycles. The number of aromatic nitrogens is 2. The van der Waals surface area contributed by atoms with Crippen molar-refractivity contribution in [3.8, 4) is 0 Å². The van der Waals surface area contributed by atoms with Gasteiger partial charge in [0.1, 0.15) is 0 Å². The molecule has 0 saturated carbocycles. The molecule has 0 radical (unpaired) electrons. The number of rotatable bonds is 3. The number of hydrogen-bond donors (Lipinski definition) is 1. The maximum absolute atomic E-state index is 10.8. The molecule has 1 aromatic heterocycles. The van der Waals surface area contributed by atoms with E-state index in [0.717, 1.165) is 37.2 Å². The predicted octanol–water partition coefficient (Wildman–Crippen LogP) is 1.37. The summed E-state index contributed by atoms with van der Waals surface area (Å²) in [6.07, 6.45) is 3.36. The Labute approximate surface area is 110 Å². The average Bonchev–Trinajstić information content (AvgIpc) is 2.65. The molecule has 0 spiro atoms. The van der Waals surface area contributed by atoms with Gasteiger partial charge in [-0.15, -0.1) is 0 Å². The van der Waals surface area contributed by atoms with E-state index in [9.17, 15) is 5.11 Å². The largest absolute Gasteiger partial charge is 0.389 e. The topological polar surface area (TPSA) is 41.3 Å². The Balaban J connectivity index is 2.10. The summed E-state index contributed by atoms with van der Waals surface area (Å²) in [6, 6.07) is 2.57. The molecule has 1 aromatic rings. The quantitative estimate of drug-likeness (QED) is 0.882. The van der Waals surface area contributed by atoms with Crippen LogP contribution in [0.15, 0.2) is 6.07 Å². The highest BCUT2D eigenvalue weighted by molar-refractivity contribution is 5.13. The normalized spacial score (nSPS) is 29.7. The molecule has 2 rings (SSSR count). The van der Waals surface area contributed by atoms with Crippen molar-refractivity contribution in [1.82, 2.24) is 14.7 Å². The fraction of sp³-hybridized carbons (Fsp3) is 0.786. The lowest BCUT2D eigenvalue weighted by Crippen LogP contribution is -2.48. The van der Waals surface area contributed by atoms with Crippen molar-refractivity contribution in [3.63, 3.8) is 0 Å². The van der Waals surface area contributed by atoms with Gasteiger partial charge in [-0.25, -0.2) is 0 Å². The molecule has 4 nitrogen and oxygen atoms in total. The van der Waals surface area contributed by atoms with Gasteiger partial charge in [-0.2, -0.15) is 5.10 Å². The second-order valence-corrected chi connectivity index (χ2v) is 5.79. The lowest BCUT2D eigenvalue weighted by atomic mass is 9.83. The van der Waals surface area contributed by atoms with Gasteiger partial charge in [-0.3, -0.25) is 4.68 Å². The van der Waals surface area contributed by atoms with Crippen LogP contribution in [0, 0.1) is 0 Å². The predicted molar refractivity (Wildman–Crippen MR) is 72.6 cm³/mol. The van der Waals surface area contributed by atoms with E-state index in [-0.39, 0.29) is 0 Å². The first kappa shape index (κ1) is 13.6. The minimum Gasteiger partial charge on any atom is -0.389 e. The van der Waals surface area contributed by atoms with Crippen LogP contribution in [0.1, 0.15) is 38.1 Å². The Morgan fingerprint density at radius 2 is 2.22 bits per heavy atom. The summed E-state index contributed by atoms with van der Waals surface area (Å²) in [5.74, 6) is 0. The molecular weight excluding hydrogens is 226 g/mol. The van der Waals surface area contributed by atoms with Gasteiger partial charge in [0.25, 0.3) is 0 Å². The van der Waals surface area contributed by atoms with Gasteiger partial charge in [0, 0.05) is 31.7 Å². The van der Waals surface area contributed by atoms with Crippen molar-refractivity contribution in [1.29, 1.82) is 0 Å². The molecule has 1 N–H and O–H groups in total. The zero-order valence-corrected chi connectivity index (χ0v) is 12.0. The zero-order valence-electron chi connectivity index (χ0n) is 12.0. The van der Waals surface area contributed by atoms with Crippen LogP contribution >= 0.6 is 0 Å². The van der Waals surface area contributed by atoms with Gasteiger partial charge >= 0.3 is 0 Å². The SMILES string of the molecule is CCc1cc(CC2(O)CCN(C)C(C)C2)n(C)n1. The van der Waals surface area contributed by atoms with Crippen LogP contribution in [-0.4, -0.2) is 45.0 Å². The second-order valence-electron chi connectivity index (χ2n) is 5.79. The number of piperidine rings is 1. The van der Waals surface area contributed by atoms with E-state index in [1.165, 1.54) is 0 Å². The van der Waals surface area contributed by atoms with Gasteiger partial charge < -0.3 is 10.0 Å². The lowest BCUT2D eigenvalue weighted by Gasteiger charge is -2.41. The highest BCUT2D eigenvalue weighted by Crippen LogP contribution is 2.29. The summed E-state index contributed by atoms with van der Waals surface area (Å²) in [6.45, 7) is 5.26. The Kier molecular flexibility index (Phi) is 3.78. The maximum atomic E-state index is 10.8. The van der Waals surface area contributed by atoms with Crippen LogP contribution < -0.4 is 0 Å². The first-order valence-corrected chi connectivity index (χ1v) is 6.88. The first-order valence-electron chi connectivity index (χ1n) is 6.88. The standard InChI is InChI=1S/C14H25N3O/c1-5-12-8-13(17(4)15-12)10-14(18)6-7-16(3)11(2)9-14/h8,11,18H,5-7,9-10H2,1-4H3. The number of likely N-dealkylation sites (tertiary alicyclic amines) is 1. The third-order valence-electron chi connectivity index (χ3n) is 4.26. The Morgan fingerprint density at radius 1 is 1.50 bits per heavy atom. The van der Waals surface area contributed by atoms with Crippen molar-refractivity contribution in [2.75, 3.05) is 13.6 Å². The van der Waals surface area contributed by atoms with Crippen LogP contribution in [0.4, 0.5) is 0 Å². The monoisotopic (exact) mass is 251 g/mol. The molecule has 18 heavy (non-hydrogen) atoms. The fourth-order valence-corrected chi connectivity index (χ4v) is 2.82. The van der Waals surface area contributed by atoms with Gasteiger partial charge in [-0.1, -0.05) is 6.92 Å². The van der Waals surface area contributed by atoms with E-state index in [1.807, 2.05) is 11.7 Å². The van der Waals surface area contributed by atoms with Crippen molar-refractivity contribution in [3.05, 3.63) is 17.5 Å². The van der Waals surface area contributed by atoms with Gasteiger partial charge in [0.2, 0.25) is 0 Å². The number of nitrogens with zero attached hydrogens (tertiary/aromatic N) is 3. The van der Waals surface area contributed by atoms with Crippen molar-refractivity contribution >= 4 is 0 Å². The van der Waals surface area contributed by atoms with Crippen LogP contribution in [-0.2, 0) is 19.9 Å². The van der Waals surface area contributed by atoms with Crippen LogP contribution in [0.25, 0.3) is 0 Å². The molecule has 4 heteroatoms. The first-order chi connectivity index (χ1) is 8.43. The summed E-state index contributed by atoms with van der Waals surface area (Å²) >= 11 is 0. The summed E-state index contributed by atoms with van der Waals surface area (Å²) in [5.41, 5.74) is 1.69. The molecule has 1 aliphatic heterocycles. The number of aryl methyl sites for hydroxylation is 2. The van der Waals surface area contributed by atoms with Crippen LogP contribution in [0.2, 0.25) is 0 Å². The third kappa shape index (κ3) is 2.75.